The van der Waals surface area contributed by atoms with Crippen molar-refractivity contribution in [1.82, 2.24) is 16.2 Å². The lowest BCUT2D eigenvalue weighted by Gasteiger charge is -2.15. The molecule has 132 valence electrons. The van der Waals surface area contributed by atoms with Crippen molar-refractivity contribution in [3.63, 3.8) is 0 Å². The third-order valence-electron chi connectivity index (χ3n) is 2.89. The van der Waals surface area contributed by atoms with Crippen molar-refractivity contribution < 1.29 is 19.0 Å². The van der Waals surface area contributed by atoms with Crippen LogP contribution in [0.2, 0.25) is 0 Å². The Kier molecular flexibility index (Phi) is 8.59. The molecule has 1 atom stereocenters. The second-order valence-electron chi connectivity index (χ2n) is 4.92. The van der Waals surface area contributed by atoms with Gasteiger partial charge in [-0.15, -0.1) is 0 Å². The molecule has 3 N–H and O–H groups in total. The number of carbonyl (C=O) groups is 1. The van der Waals surface area contributed by atoms with Crippen molar-refractivity contribution in [2.24, 2.45) is 0 Å². The summed E-state index contributed by atoms with van der Waals surface area (Å²) < 4.78 is 15.3. The second-order valence-corrected chi connectivity index (χ2v) is 5.33. The highest BCUT2D eigenvalue weighted by atomic mass is 32.1. The highest BCUT2D eigenvalue weighted by molar-refractivity contribution is 7.80. The first-order chi connectivity index (χ1) is 11.5. The molecule has 1 aromatic rings. The fourth-order valence-electron chi connectivity index (χ4n) is 1.81. The molecule has 0 spiro atoms. The summed E-state index contributed by atoms with van der Waals surface area (Å²) in [4.78, 5) is 11.8. The Morgan fingerprint density at radius 3 is 2.33 bits per heavy atom. The normalized spacial score (nSPS) is 11.7. The third kappa shape index (κ3) is 7.30. The fourth-order valence-corrected chi connectivity index (χ4v) is 2.06. The van der Waals surface area contributed by atoms with Gasteiger partial charge in [0, 0.05) is 25.3 Å². The average molecular weight is 353 g/mol. The minimum absolute atomic E-state index is 0.0340. The number of nitrogens with one attached hydrogen (secondary N) is 3. The molecular weight excluding hydrogens is 330 g/mol. The molecule has 0 radical (unpaired) electrons. The van der Waals surface area contributed by atoms with Gasteiger partial charge in [0.2, 0.25) is 0 Å². The van der Waals surface area contributed by atoms with Crippen molar-refractivity contribution in [2.45, 2.75) is 13.0 Å². The Labute approximate surface area is 147 Å². The lowest BCUT2D eigenvalue weighted by molar-refractivity contribution is -0.116. The smallest absolute Gasteiger partial charge is 0.262 e. The van der Waals surface area contributed by atoms with Gasteiger partial charge in [-0.3, -0.25) is 15.6 Å². The summed E-state index contributed by atoms with van der Waals surface area (Å²) in [5.41, 5.74) is 5.87. The summed E-state index contributed by atoms with van der Waals surface area (Å²) in [6, 6.07) is 5.37. The summed E-state index contributed by atoms with van der Waals surface area (Å²) in [5, 5.41) is 3.27. The molecule has 0 saturated carbocycles. The minimum atomic E-state index is -0.347. The zero-order valence-corrected chi connectivity index (χ0v) is 15.0. The van der Waals surface area contributed by atoms with Crippen molar-refractivity contribution >= 4 is 29.3 Å². The molecule has 0 bridgehead atoms. The molecule has 8 heteroatoms. The molecule has 0 saturated heterocycles. The summed E-state index contributed by atoms with van der Waals surface area (Å²) in [6.45, 7) is 2.42. The lowest BCUT2D eigenvalue weighted by Crippen LogP contribution is -2.49. The molecule has 0 fully saturated rings. The predicted molar refractivity (Wildman–Crippen MR) is 96.9 cm³/mol. The first kappa shape index (κ1) is 19.7. The van der Waals surface area contributed by atoms with Crippen molar-refractivity contribution in [1.29, 1.82) is 0 Å². The summed E-state index contributed by atoms with van der Waals surface area (Å²) in [7, 11) is 4.74. The van der Waals surface area contributed by atoms with E-state index in [-0.39, 0.29) is 11.9 Å². The van der Waals surface area contributed by atoms with E-state index in [1.54, 1.807) is 45.6 Å². The number of rotatable bonds is 7. The fraction of sp³-hybridized carbons (Fsp3) is 0.375. The highest BCUT2D eigenvalue weighted by Crippen LogP contribution is 2.23. The summed E-state index contributed by atoms with van der Waals surface area (Å²) in [5.74, 6) is 0.940. The van der Waals surface area contributed by atoms with Crippen LogP contribution in [-0.4, -0.2) is 45.0 Å². The van der Waals surface area contributed by atoms with Gasteiger partial charge in [0.05, 0.1) is 20.8 Å². The van der Waals surface area contributed by atoms with E-state index >= 15 is 0 Å². The molecule has 1 rings (SSSR count). The summed E-state index contributed by atoms with van der Waals surface area (Å²) in [6.07, 6.45) is 3.02. The van der Waals surface area contributed by atoms with Crippen LogP contribution < -0.4 is 25.6 Å². The van der Waals surface area contributed by atoms with Gasteiger partial charge in [-0.2, -0.15) is 0 Å². The zero-order chi connectivity index (χ0) is 17.9. The van der Waals surface area contributed by atoms with E-state index in [1.807, 2.05) is 6.92 Å². The average Bonchev–Trinajstić information content (AvgIpc) is 2.57. The predicted octanol–water partition coefficient (Wildman–Crippen LogP) is 1.25. The van der Waals surface area contributed by atoms with Crippen molar-refractivity contribution in [3.05, 3.63) is 29.8 Å². The minimum Gasteiger partial charge on any atom is -0.497 e. The topological polar surface area (TPSA) is 80.9 Å². The van der Waals surface area contributed by atoms with Crippen LogP contribution in [0.15, 0.2) is 24.3 Å². The van der Waals surface area contributed by atoms with Crippen LogP contribution in [0.4, 0.5) is 0 Å². The maximum Gasteiger partial charge on any atom is 0.262 e. The number of ether oxygens (including phenoxy) is 3. The molecule has 1 amide bonds. The van der Waals surface area contributed by atoms with Gasteiger partial charge < -0.3 is 19.5 Å². The largest absolute Gasteiger partial charge is 0.497 e. The molecule has 1 aromatic carbocycles. The number of hydrogen-bond donors (Lipinski definition) is 3. The van der Waals surface area contributed by atoms with Crippen LogP contribution in [0.25, 0.3) is 6.08 Å². The lowest BCUT2D eigenvalue weighted by atomic mass is 10.2. The quantitative estimate of drug-likeness (QED) is 0.387. The van der Waals surface area contributed by atoms with Gasteiger partial charge >= 0.3 is 0 Å². The van der Waals surface area contributed by atoms with Crippen LogP contribution in [-0.2, 0) is 9.53 Å². The van der Waals surface area contributed by atoms with Gasteiger partial charge in [0.25, 0.3) is 5.91 Å². The highest BCUT2D eigenvalue weighted by Gasteiger charge is 2.04. The second kappa shape index (κ2) is 10.5. The number of hydrazine groups is 1. The molecule has 24 heavy (non-hydrogen) atoms. The molecule has 0 aliphatic carbocycles. The van der Waals surface area contributed by atoms with E-state index in [0.29, 0.717) is 23.2 Å². The van der Waals surface area contributed by atoms with Crippen LogP contribution in [0.3, 0.4) is 0 Å². The van der Waals surface area contributed by atoms with Crippen molar-refractivity contribution in [2.75, 3.05) is 27.9 Å². The van der Waals surface area contributed by atoms with Crippen LogP contribution in [0.1, 0.15) is 12.5 Å². The number of carbonyl (C=O) groups excluding carboxylic acids is 1. The Balaban J connectivity index is 2.52. The molecule has 7 nitrogen and oxygen atoms in total. The van der Waals surface area contributed by atoms with Crippen LogP contribution in [0.5, 0.6) is 11.5 Å². The molecular formula is C16H23N3O4S. The molecule has 0 aliphatic heterocycles. The third-order valence-corrected chi connectivity index (χ3v) is 3.11. The SMILES string of the molecule is COC[C@@H](C)NC(=S)NNC(=O)/C=C/c1cc(OC)cc(OC)c1. The van der Waals surface area contributed by atoms with E-state index in [0.717, 1.165) is 5.56 Å². The van der Waals surface area contributed by atoms with Gasteiger partial charge in [-0.1, -0.05) is 0 Å². The Morgan fingerprint density at radius 2 is 1.79 bits per heavy atom. The maximum absolute atomic E-state index is 11.8. The standard InChI is InChI=1S/C16H23N3O4S/c1-11(10-21-2)17-16(24)19-18-15(20)6-5-12-7-13(22-3)9-14(8-12)23-4/h5-9,11H,10H2,1-4H3,(H,18,20)(H2,17,19,24)/b6-5+/t11-/m1/s1. The summed E-state index contributed by atoms with van der Waals surface area (Å²) >= 11 is 5.06. The monoisotopic (exact) mass is 353 g/mol. The Bertz CT molecular complexity index is 570. The van der Waals surface area contributed by atoms with Crippen molar-refractivity contribution in [3.8, 4) is 11.5 Å². The first-order valence-corrected chi connectivity index (χ1v) is 7.66. The van der Waals surface area contributed by atoms with Crippen LogP contribution >= 0.6 is 12.2 Å². The molecule has 0 heterocycles. The van der Waals surface area contributed by atoms with E-state index < -0.39 is 0 Å². The van der Waals surface area contributed by atoms with Crippen LogP contribution in [0, 0.1) is 0 Å². The zero-order valence-electron chi connectivity index (χ0n) is 14.2. The number of amides is 1. The number of hydrogen-bond acceptors (Lipinski definition) is 5. The van der Waals surface area contributed by atoms with Gasteiger partial charge in [0.1, 0.15) is 11.5 Å². The number of thiocarbonyl (C=S) groups is 1. The number of methoxy groups -OCH3 is 3. The van der Waals surface area contributed by atoms with E-state index in [1.165, 1.54) is 6.08 Å². The van der Waals surface area contributed by atoms with Gasteiger partial charge in [0.15, 0.2) is 5.11 Å². The van der Waals surface area contributed by atoms with E-state index in [4.69, 9.17) is 26.4 Å². The van der Waals surface area contributed by atoms with Gasteiger partial charge in [-0.05, 0) is 42.9 Å². The van der Waals surface area contributed by atoms with E-state index in [2.05, 4.69) is 16.2 Å². The number of benzene rings is 1. The molecule has 0 unspecified atom stereocenters. The molecule has 0 aromatic heterocycles. The Morgan fingerprint density at radius 1 is 1.17 bits per heavy atom. The molecule has 0 aliphatic rings. The van der Waals surface area contributed by atoms with E-state index in [9.17, 15) is 4.79 Å². The van der Waals surface area contributed by atoms with Gasteiger partial charge in [-0.25, -0.2) is 0 Å². The maximum atomic E-state index is 11.8. The Hall–Kier alpha value is -2.32. The first-order valence-electron chi connectivity index (χ1n) is 7.25.